The first kappa shape index (κ1) is 6.80. The first-order valence-electron chi connectivity index (χ1n) is 3.65. The molecule has 2 heteroatoms. The zero-order valence-electron chi connectivity index (χ0n) is 6.05. The third-order valence-electron chi connectivity index (χ3n) is 1.85. The molecule has 2 rings (SSSR count). The van der Waals surface area contributed by atoms with Crippen molar-refractivity contribution < 1.29 is 0 Å². The molecule has 1 N–H and O–H groups in total. The van der Waals surface area contributed by atoms with E-state index in [-0.39, 0.29) is 0 Å². The second-order valence-electron chi connectivity index (χ2n) is 2.63. The summed E-state index contributed by atoms with van der Waals surface area (Å²) >= 11 is 5.06. The zero-order valence-corrected chi connectivity index (χ0v) is 6.87. The molecule has 1 aromatic rings. The quantitative estimate of drug-likeness (QED) is 0.587. The molecule has 1 aliphatic rings. The van der Waals surface area contributed by atoms with Gasteiger partial charge >= 0.3 is 0 Å². The van der Waals surface area contributed by atoms with Crippen LogP contribution in [0.2, 0.25) is 0 Å². The molecule has 1 aromatic carbocycles. The molecule has 1 aliphatic heterocycles. The second-order valence-corrected chi connectivity index (χ2v) is 3.12. The van der Waals surface area contributed by atoms with E-state index in [4.69, 9.17) is 12.2 Å². The maximum Gasteiger partial charge on any atom is 0.0800 e. The number of benzene rings is 1. The molecule has 1 radical (unpaired) electrons. The summed E-state index contributed by atoms with van der Waals surface area (Å²) < 4.78 is 0. The SMILES string of the molecule is S=C1CCc2c[c]ccc2N1. The lowest BCUT2D eigenvalue weighted by Crippen LogP contribution is -2.16. The predicted molar refractivity (Wildman–Crippen MR) is 49.8 cm³/mol. The van der Waals surface area contributed by atoms with Crippen molar-refractivity contribution in [1.82, 2.24) is 0 Å². The van der Waals surface area contributed by atoms with Crippen molar-refractivity contribution in [2.75, 3.05) is 5.32 Å². The molecular weight excluding hydrogens is 154 g/mol. The molecule has 11 heavy (non-hydrogen) atoms. The van der Waals surface area contributed by atoms with Gasteiger partial charge in [0.15, 0.2) is 0 Å². The molecule has 0 aromatic heterocycles. The van der Waals surface area contributed by atoms with Crippen molar-refractivity contribution in [3.05, 3.63) is 29.8 Å². The maximum atomic E-state index is 5.06. The fourth-order valence-corrected chi connectivity index (χ4v) is 1.47. The minimum Gasteiger partial charge on any atom is -0.350 e. The van der Waals surface area contributed by atoms with Gasteiger partial charge in [0.1, 0.15) is 0 Å². The monoisotopic (exact) mass is 162 g/mol. The molecule has 0 unspecified atom stereocenters. The van der Waals surface area contributed by atoms with Crippen LogP contribution in [0.3, 0.4) is 0 Å². The highest BCUT2D eigenvalue weighted by Gasteiger charge is 2.09. The van der Waals surface area contributed by atoms with Gasteiger partial charge in [-0.15, -0.1) is 0 Å². The van der Waals surface area contributed by atoms with Gasteiger partial charge in [-0.3, -0.25) is 0 Å². The standard InChI is InChI=1S/C9H8NS/c11-9-6-5-7-3-1-2-4-8(7)10-9/h2-4H,5-6H2,(H,10,11). The summed E-state index contributed by atoms with van der Waals surface area (Å²) in [4.78, 5) is 0.948. The number of thiocarbonyl (C=S) groups is 1. The lowest BCUT2D eigenvalue weighted by atomic mass is 10.0. The first-order valence-corrected chi connectivity index (χ1v) is 4.06. The number of nitrogens with one attached hydrogen (secondary N) is 1. The Hall–Kier alpha value is -0.890. The van der Waals surface area contributed by atoms with E-state index in [0.29, 0.717) is 0 Å². The normalized spacial score (nSPS) is 15.5. The van der Waals surface area contributed by atoms with Crippen LogP contribution in [-0.2, 0) is 6.42 Å². The van der Waals surface area contributed by atoms with Gasteiger partial charge in [-0.05, 0) is 30.2 Å². The zero-order chi connectivity index (χ0) is 7.68. The largest absolute Gasteiger partial charge is 0.350 e. The van der Waals surface area contributed by atoms with Crippen molar-refractivity contribution in [3.8, 4) is 0 Å². The number of aryl methyl sites for hydroxylation is 1. The maximum absolute atomic E-state index is 5.06. The van der Waals surface area contributed by atoms with E-state index in [1.807, 2.05) is 18.2 Å². The van der Waals surface area contributed by atoms with Crippen molar-refractivity contribution in [3.63, 3.8) is 0 Å². The molecule has 0 saturated heterocycles. The summed E-state index contributed by atoms with van der Waals surface area (Å²) in [6.07, 6.45) is 2.03. The van der Waals surface area contributed by atoms with Gasteiger partial charge in [-0.1, -0.05) is 18.3 Å². The van der Waals surface area contributed by atoms with Crippen LogP contribution in [0.5, 0.6) is 0 Å². The Labute approximate surface area is 71.4 Å². The van der Waals surface area contributed by atoms with Crippen LogP contribution < -0.4 is 5.32 Å². The molecular formula is C9H8NS. The highest BCUT2D eigenvalue weighted by atomic mass is 32.1. The summed E-state index contributed by atoms with van der Waals surface area (Å²) in [7, 11) is 0. The van der Waals surface area contributed by atoms with E-state index in [1.165, 1.54) is 5.56 Å². The summed E-state index contributed by atoms with van der Waals surface area (Å²) in [6.45, 7) is 0. The number of rotatable bonds is 0. The first-order chi connectivity index (χ1) is 5.36. The average molecular weight is 162 g/mol. The third-order valence-corrected chi connectivity index (χ3v) is 2.15. The van der Waals surface area contributed by atoms with E-state index < -0.39 is 0 Å². The predicted octanol–water partition coefficient (Wildman–Crippen LogP) is 2.17. The minimum absolute atomic E-state index is 0.948. The Balaban J connectivity index is 2.41. The Morgan fingerprint density at radius 3 is 3.27 bits per heavy atom. The fraction of sp³-hybridized carbons (Fsp3) is 0.222. The second kappa shape index (κ2) is 2.62. The Morgan fingerprint density at radius 1 is 1.45 bits per heavy atom. The minimum atomic E-state index is 0.948. The van der Waals surface area contributed by atoms with Crippen LogP contribution in [0, 0.1) is 6.07 Å². The molecule has 0 spiro atoms. The lowest BCUT2D eigenvalue weighted by Gasteiger charge is -2.17. The molecule has 55 valence electrons. The Morgan fingerprint density at radius 2 is 2.36 bits per heavy atom. The summed E-state index contributed by atoms with van der Waals surface area (Å²) in [5.74, 6) is 0. The van der Waals surface area contributed by atoms with Crippen LogP contribution in [0.25, 0.3) is 0 Å². The van der Waals surface area contributed by atoms with E-state index in [0.717, 1.165) is 23.5 Å². The van der Waals surface area contributed by atoms with Crippen LogP contribution >= 0.6 is 12.2 Å². The van der Waals surface area contributed by atoms with Crippen LogP contribution in [0.1, 0.15) is 12.0 Å². The molecule has 0 fully saturated rings. The van der Waals surface area contributed by atoms with Gasteiger partial charge < -0.3 is 5.32 Å². The van der Waals surface area contributed by atoms with Gasteiger partial charge in [-0.25, -0.2) is 0 Å². The van der Waals surface area contributed by atoms with E-state index in [2.05, 4.69) is 11.4 Å². The van der Waals surface area contributed by atoms with Gasteiger partial charge in [0, 0.05) is 12.1 Å². The highest BCUT2D eigenvalue weighted by molar-refractivity contribution is 7.80. The number of hydrogen-bond donors (Lipinski definition) is 1. The van der Waals surface area contributed by atoms with Crippen molar-refractivity contribution in [1.29, 1.82) is 0 Å². The summed E-state index contributed by atoms with van der Waals surface area (Å²) in [6, 6.07) is 8.99. The van der Waals surface area contributed by atoms with Crippen molar-refractivity contribution in [2.24, 2.45) is 0 Å². The smallest absolute Gasteiger partial charge is 0.0800 e. The highest BCUT2D eigenvalue weighted by Crippen LogP contribution is 2.21. The van der Waals surface area contributed by atoms with Crippen LogP contribution in [0.15, 0.2) is 18.2 Å². The molecule has 0 amide bonds. The molecule has 1 heterocycles. The summed E-state index contributed by atoms with van der Waals surface area (Å²) in [5.41, 5.74) is 2.47. The van der Waals surface area contributed by atoms with E-state index in [1.54, 1.807) is 0 Å². The summed E-state index contributed by atoms with van der Waals surface area (Å²) in [5, 5.41) is 3.17. The molecule has 0 aliphatic carbocycles. The Kier molecular flexibility index (Phi) is 1.62. The lowest BCUT2D eigenvalue weighted by molar-refractivity contribution is 1.03. The molecule has 0 saturated carbocycles. The molecule has 1 nitrogen and oxygen atoms in total. The van der Waals surface area contributed by atoms with Gasteiger partial charge in [0.25, 0.3) is 0 Å². The topological polar surface area (TPSA) is 12.0 Å². The van der Waals surface area contributed by atoms with Crippen LogP contribution in [0.4, 0.5) is 5.69 Å². The third kappa shape index (κ3) is 1.26. The van der Waals surface area contributed by atoms with Crippen LogP contribution in [-0.4, -0.2) is 4.99 Å². The van der Waals surface area contributed by atoms with Gasteiger partial charge in [0.05, 0.1) is 4.99 Å². The number of hydrogen-bond acceptors (Lipinski definition) is 1. The molecule has 0 atom stereocenters. The fourth-order valence-electron chi connectivity index (χ4n) is 1.25. The van der Waals surface area contributed by atoms with Gasteiger partial charge in [-0.2, -0.15) is 0 Å². The Bertz CT molecular complexity index is 293. The van der Waals surface area contributed by atoms with Gasteiger partial charge in [0.2, 0.25) is 0 Å². The molecule has 0 bridgehead atoms. The number of fused-ring (bicyclic) bond motifs is 1. The average Bonchev–Trinajstić information content (AvgIpc) is 2.04. The number of anilines is 1. The van der Waals surface area contributed by atoms with E-state index in [9.17, 15) is 0 Å². The van der Waals surface area contributed by atoms with Crippen molar-refractivity contribution in [2.45, 2.75) is 12.8 Å². The van der Waals surface area contributed by atoms with E-state index >= 15 is 0 Å². The van der Waals surface area contributed by atoms with Crippen molar-refractivity contribution >= 4 is 22.9 Å².